The van der Waals surface area contributed by atoms with E-state index in [9.17, 15) is 9.59 Å². The molecular formula is C29H29NO5. The number of hydrogen-bond acceptors (Lipinski definition) is 5. The van der Waals surface area contributed by atoms with Gasteiger partial charge in [0.05, 0.1) is 27.4 Å². The van der Waals surface area contributed by atoms with Crippen LogP contribution in [0.4, 0.5) is 0 Å². The Morgan fingerprint density at radius 3 is 2.26 bits per heavy atom. The van der Waals surface area contributed by atoms with E-state index in [4.69, 9.17) is 14.2 Å². The minimum atomic E-state index is -0.339. The molecule has 2 amide bonds. The second-order valence-corrected chi connectivity index (χ2v) is 8.26. The van der Waals surface area contributed by atoms with E-state index in [-0.39, 0.29) is 18.4 Å². The largest absolute Gasteiger partial charge is 0.497 e. The standard InChI is InChI=1S/C29H29NO5/c1-4-5-16-35-27-18-21(12-15-26(27)34-3)17-25-23-8-6-7-9-24(23)28(31)30(29(25)32)19-20-10-13-22(33-2)14-11-20/h6-15,17-18H,4-5,16,19H2,1-3H3. The number of nitrogens with zero attached hydrogens (tertiary/aromatic N) is 1. The Hall–Kier alpha value is -4.06. The Bertz CT molecular complexity index is 1250. The van der Waals surface area contributed by atoms with Gasteiger partial charge in [-0.25, -0.2) is 0 Å². The third kappa shape index (κ3) is 5.22. The van der Waals surface area contributed by atoms with Gasteiger partial charge < -0.3 is 14.2 Å². The number of carbonyl (C=O) groups excluding carboxylic acids is 2. The molecule has 0 bridgehead atoms. The molecule has 35 heavy (non-hydrogen) atoms. The van der Waals surface area contributed by atoms with Gasteiger partial charge in [0, 0.05) is 11.1 Å². The Balaban J connectivity index is 1.71. The first-order valence-corrected chi connectivity index (χ1v) is 11.7. The highest BCUT2D eigenvalue weighted by atomic mass is 16.5. The number of unbranched alkanes of at least 4 members (excludes halogenated alkanes) is 1. The average Bonchev–Trinajstić information content (AvgIpc) is 2.89. The monoisotopic (exact) mass is 471 g/mol. The van der Waals surface area contributed by atoms with Crippen LogP contribution in [-0.4, -0.2) is 37.5 Å². The lowest BCUT2D eigenvalue weighted by molar-refractivity contribution is -0.123. The smallest absolute Gasteiger partial charge is 0.261 e. The van der Waals surface area contributed by atoms with Crippen molar-refractivity contribution < 1.29 is 23.8 Å². The van der Waals surface area contributed by atoms with E-state index in [1.165, 1.54) is 4.90 Å². The van der Waals surface area contributed by atoms with Crippen molar-refractivity contribution in [1.29, 1.82) is 0 Å². The summed E-state index contributed by atoms with van der Waals surface area (Å²) in [5.74, 6) is 1.33. The van der Waals surface area contributed by atoms with Crippen LogP contribution in [0.15, 0.2) is 66.7 Å². The summed E-state index contributed by atoms with van der Waals surface area (Å²) < 4.78 is 16.6. The average molecular weight is 472 g/mol. The number of ether oxygens (including phenoxy) is 3. The zero-order chi connectivity index (χ0) is 24.8. The minimum Gasteiger partial charge on any atom is -0.497 e. The van der Waals surface area contributed by atoms with E-state index in [1.54, 1.807) is 26.4 Å². The third-order valence-corrected chi connectivity index (χ3v) is 5.92. The molecule has 0 spiro atoms. The van der Waals surface area contributed by atoms with E-state index >= 15 is 0 Å². The van der Waals surface area contributed by atoms with Crippen molar-refractivity contribution in [2.75, 3.05) is 20.8 Å². The van der Waals surface area contributed by atoms with Crippen LogP contribution in [-0.2, 0) is 11.3 Å². The Labute approximate surface area is 205 Å². The summed E-state index contributed by atoms with van der Waals surface area (Å²) in [7, 11) is 3.20. The van der Waals surface area contributed by atoms with E-state index in [2.05, 4.69) is 6.92 Å². The molecular weight excluding hydrogens is 442 g/mol. The molecule has 3 aromatic rings. The molecule has 0 aliphatic carbocycles. The van der Waals surface area contributed by atoms with Crippen LogP contribution in [0, 0.1) is 0 Å². The minimum absolute atomic E-state index is 0.168. The molecule has 1 heterocycles. The van der Waals surface area contributed by atoms with Crippen molar-refractivity contribution in [1.82, 2.24) is 4.90 Å². The van der Waals surface area contributed by atoms with Crippen LogP contribution in [0.5, 0.6) is 17.2 Å². The van der Waals surface area contributed by atoms with Gasteiger partial charge in [0.2, 0.25) is 0 Å². The first-order chi connectivity index (χ1) is 17.0. The topological polar surface area (TPSA) is 65.1 Å². The number of benzene rings is 3. The predicted octanol–water partition coefficient (Wildman–Crippen LogP) is 5.61. The van der Waals surface area contributed by atoms with Crippen molar-refractivity contribution in [3.63, 3.8) is 0 Å². The molecule has 0 unspecified atom stereocenters. The van der Waals surface area contributed by atoms with Crippen LogP contribution in [0.25, 0.3) is 11.6 Å². The van der Waals surface area contributed by atoms with Gasteiger partial charge in [-0.2, -0.15) is 0 Å². The summed E-state index contributed by atoms with van der Waals surface area (Å²) in [6.07, 6.45) is 3.76. The van der Waals surface area contributed by atoms with Crippen LogP contribution >= 0.6 is 0 Å². The fourth-order valence-electron chi connectivity index (χ4n) is 3.99. The van der Waals surface area contributed by atoms with E-state index in [0.717, 1.165) is 24.0 Å². The van der Waals surface area contributed by atoms with E-state index in [1.807, 2.05) is 60.7 Å². The maximum Gasteiger partial charge on any atom is 0.261 e. The molecule has 1 aliphatic rings. The summed E-state index contributed by atoms with van der Waals surface area (Å²) in [5.41, 5.74) is 3.20. The van der Waals surface area contributed by atoms with Crippen molar-refractivity contribution in [3.8, 4) is 17.2 Å². The summed E-state index contributed by atoms with van der Waals surface area (Å²) >= 11 is 0. The lowest BCUT2D eigenvalue weighted by Gasteiger charge is -2.29. The number of carbonyl (C=O) groups is 2. The zero-order valence-corrected chi connectivity index (χ0v) is 20.2. The maximum absolute atomic E-state index is 13.6. The molecule has 0 saturated carbocycles. The molecule has 180 valence electrons. The Morgan fingerprint density at radius 2 is 1.57 bits per heavy atom. The molecule has 3 aromatic carbocycles. The fraction of sp³-hybridized carbons (Fsp3) is 0.241. The predicted molar refractivity (Wildman–Crippen MR) is 136 cm³/mol. The number of rotatable bonds is 9. The first-order valence-electron chi connectivity index (χ1n) is 11.7. The van der Waals surface area contributed by atoms with Gasteiger partial charge in [0.25, 0.3) is 11.8 Å². The molecule has 0 N–H and O–H groups in total. The Morgan fingerprint density at radius 1 is 0.829 bits per heavy atom. The van der Waals surface area contributed by atoms with Gasteiger partial charge in [-0.1, -0.05) is 49.7 Å². The SMILES string of the molecule is CCCCOc1cc(C=C2C(=O)N(Cc3ccc(OC)cc3)C(=O)c3ccccc32)ccc1OC. The fourth-order valence-corrected chi connectivity index (χ4v) is 3.99. The van der Waals surface area contributed by atoms with Crippen LogP contribution in [0.1, 0.15) is 46.8 Å². The summed E-state index contributed by atoms with van der Waals surface area (Å²) in [4.78, 5) is 28.1. The van der Waals surface area contributed by atoms with Crippen molar-refractivity contribution in [3.05, 3.63) is 89.0 Å². The second-order valence-electron chi connectivity index (χ2n) is 8.26. The second kappa shape index (κ2) is 10.9. The molecule has 0 aromatic heterocycles. The number of amides is 2. The zero-order valence-electron chi connectivity index (χ0n) is 20.2. The summed E-state index contributed by atoms with van der Waals surface area (Å²) in [6.45, 7) is 2.85. The lowest BCUT2D eigenvalue weighted by Crippen LogP contribution is -2.41. The molecule has 0 fully saturated rings. The summed E-state index contributed by atoms with van der Waals surface area (Å²) in [6, 6.07) is 20.1. The molecule has 6 nitrogen and oxygen atoms in total. The molecule has 1 aliphatic heterocycles. The van der Waals surface area contributed by atoms with Gasteiger partial charge in [-0.05, 0) is 59.5 Å². The van der Waals surface area contributed by atoms with Crippen LogP contribution < -0.4 is 14.2 Å². The van der Waals surface area contributed by atoms with Crippen molar-refractivity contribution in [2.24, 2.45) is 0 Å². The van der Waals surface area contributed by atoms with E-state index < -0.39 is 0 Å². The first kappa shape index (κ1) is 24.1. The van der Waals surface area contributed by atoms with Gasteiger partial charge >= 0.3 is 0 Å². The number of imide groups is 1. The number of hydrogen-bond donors (Lipinski definition) is 0. The summed E-state index contributed by atoms with van der Waals surface area (Å²) in [5, 5.41) is 0. The lowest BCUT2D eigenvalue weighted by atomic mass is 9.91. The van der Waals surface area contributed by atoms with E-state index in [0.29, 0.717) is 40.6 Å². The normalized spacial score (nSPS) is 14.1. The third-order valence-electron chi connectivity index (χ3n) is 5.92. The molecule has 0 saturated heterocycles. The highest BCUT2D eigenvalue weighted by molar-refractivity contribution is 6.33. The molecule has 0 radical (unpaired) electrons. The van der Waals surface area contributed by atoms with Crippen LogP contribution in [0.2, 0.25) is 0 Å². The van der Waals surface area contributed by atoms with Crippen LogP contribution in [0.3, 0.4) is 0 Å². The number of fused-ring (bicyclic) bond motifs is 1. The molecule has 6 heteroatoms. The highest BCUT2D eigenvalue weighted by Gasteiger charge is 2.34. The van der Waals surface area contributed by atoms with Gasteiger partial charge in [-0.15, -0.1) is 0 Å². The van der Waals surface area contributed by atoms with Crippen molar-refractivity contribution in [2.45, 2.75) is 26.3 Å². The molecule has 0 atom stereocenters. The number of methoxy groups -OCH3 is 2. The van der Waals surface area contributed by atoms with Gasteiger partial charge in [-0.3, -0.25) is 14.5 Å². The van der Waals surface area contributed by atoms with Gasteiger partial charge in [0.15, 0.2) is 11.5 Å². The Kier molecular flexibility index (Phi) is 7.51. The maximum atomic E-state index is 13.6. The van der Waals surface area contributed by atoms with Crippen molar-refractivity contribution >= 4 is 23.5 Å². The highest BCUT2D eigenvalue weighted by Crippen LogP contribution is 2.34. The van der Waals surface area contributed by atoms with Gasteiger partial charge in [0.1, 0.15) is 5.75 Å². The quantitative estimate of drug-likeness (QED) is 0.231. The molecule has 4 rings (SSSR count).